The number of nitrogens with zero attached hydrogens (tertiary/aromatic N) is 2. The molecule has 2 N–H and O–H groups in total. The van der Waals surface area contributed by atoms with Gasteiger partial charge in [0.2, 0.25) is 0 Å². The maximum Gasteiger partial charge on any atom is 0.312 e. The van der Waals surface area contributed by atoms with Gasteiger partial charge >= 0.3 is 5.97 Å². The molecule has 0 radical (unpaired) electrons. The fourth-order valence-corrected chi connectivity index (χ4v) is 3.26. The summed E-state index contributed by atoms with van der Waals surface area (Å²) in [7, 11) is 1.39. The molecule has 0 spiro atoms. The van der Waals surface area contributed by atoms with E-state index in [0.29, 0.717) is 16.7 Å². The summed E-state index contributed by atoms with van der Waals surface area (Å²) in [6.45, 7) is 3.66. The first-order valence-corrected chi connectivity index (χ1v) is 7.52. The number of methoxy groups -OCH3 is 1. The van der Waals surface area contributed by atoms with Gasteiger partial charge in [-0.2, -0.15) is 0 Å². The molecule has 0 saturated carbocycles. The van der Waals surface area contributed by atoms with Gasteiger partial charge in [0.1, 0.15) is 10.6 Å². The van der Waals surface area contributed by atoms with Crippen LogP contribution in [0.5, 0.6) is 0 Å². The molecule has 2 aromatic rings. The van der Waals surface area contributed by atoms with Crippen LogP contribution in [0, 0.1) is 5.41 Å². The molecule has 2 rings (SSSR count). The number of rotatable bonds is 4. The van der Waals surface area contributed by atoms with Gasteiger partial charge in [0, 0.05) is 5.75 Å². The topological polar surface area (TPSA) is 78.1 Å². The number of fused-ring (bicyclic) bond motifs is 1. The molecular weight excluding hydrogens is 282 g/mol. The second kappa shape index (κ2) is 5.34. The molecule has 0 bridgehead atoms. The van der Waals surface area contributed by atoms with E-state index < -0.39 is 5.41 Å². The van der Waals surface area contributed by atoms with Crippen LogP contribution in [0.4, 0.5) is 5.82 Å². The largest absolute Gasteiger partial charge is 0.469 e. The van der Waals surface area contributed by atoms with Crippen LogP contribution in [0.3, 0.4) is 0 Å². The molecule has 0 aliphatic rings. The number of nitrogens with two attached hydrogens (primary N) is 1. The predicted octanol–water partition coefficient (Wildman–Crippen LogP) is 2.56. The molecule has 0 amide bonds. The van der Waals surface area contributed by atoms with Crippen molar-refractivity contribution >= 4 is 45.1 Å². The third-order valence-corrected chi connectivity index (χ3v) is 4.75. The molecule has 5 nitrogen and oxygen atoms in total. The number of hydrogen-bond acceptors (Lipinski definition) is 7. The Morgan fingerprint density at radius 2 is 2.26 bits per heavy atom. The minimum atomic E-state index is -0.581. The average Bonchev–Trinajstić information content (AvgIpc) is 2.84. The van der Waals surface area contributed by atoms with Crippen LogP contribution in [0.15, 0.2) is 16.6 Å². The predicted molar refractivity (Wildman–Crippen MR) is 78.3 cm³/mol. The van der Waals surface area contributed by atoms with Gasteiger partial charge in [-0.3, -0.25) is 4.79 Å². The number of hydrogen-bond donors (Lipinski definition) is 1. The standard InChI is InChI=1S/C12H15N3O2S2/c1-12(2,10(16)17-3)6-19-11-14-8(13)7-4-5-18-9(7)15-11/h4-5H,6H2,1-3H3,(H2,13,14,15). The van der Waals surface area contributed by atoms with Crippen molar-refractivity contribution in [3.05, 3.63) is 11.4 Å². The van der Waals surface area contributed by atoms with Crippen molar-refractivity contribution in [3.63, 3.8) is 0 Å². The summed E-state index contributed by atoms with van der Waals surface area (Å²) in [5.41, 5.74) is 5.30. The number of ether oxygens (including phenoxy) is 1. The molecule has 0 aromatic carbocycles. The van der Waals surface area contributed by atoms with Gasteiger partial charge in [-0.05, 0) is 25.3 Å². The van der Waals surface area contributed by atoms with E-state index in [2.05, 4.69) is 9.97 Å². The molecule has 0 saturated heterocycles. The average molecular weight is 297 g/mol. The zero-order valence-electron chi connectivity index (χ0n) is 11.0. The normalized spacial score (nSPS) is 11.7. The Labute approximate surface area is 119 Å². The van der Waals surface area contributed by atoms with Crippen molar-refractivity contribution in [1.29, 1.82) is 0 Å². The third kappa shape index (κ3) is 2.98. The molecule has 0 aliphatic heterocycles. The quantitative estimate of drug-likeness (QED) is 0.531. The number of aromatic nitrogens is 2. The fraction of sp³-hybridized carbons (Fsp3) is 0.417. The number of nitrogen functional groups attached to an aromatic ring is 1. The molecule has 2 heterocycles. The van der Waals surface area contributed by atoms with Crippen molar-refractivity contribution in [2.75, 3.05) is 18.6 Å². The van der Waals surface area contributed by atoms with Crippen LogP contribution in [0.1, 0.15) is 13.8 Å². The van der Waals surface area contributed by atoms with E-state index in [0.717, 1.165) is 10.2 Å². The Kier molecular flexibility index (Phi) is 3.96. The molecule has 0 aliphatic carbocycles. The van der Waals surface area contributed by atoms with Crippen molar-refractivity contribution < 1.29 is 9.53 Å². The van der Waals surface area contributed by atoms with E-state index in [1.165, 1.54) is 30.2 Å². The Balaban J connectivity index is 2.16. The number of carbonyl (C=O) groups is 1. The van der Waals surface area contributed by atoms with Crippen molar-refractivity contribution in [2.45, 2.75) is 19.0 Å². The van der Waals surface area contributed by atoms with Gasteiger partial charge in [0.25, 0.3) is 0 Å². The lowest BCUT2D eigenvalue weighted by atomic mass is 9.97. The van der Waals surface area contributed by atoms with E-state index in [1.807, 2.05) is 25.3 Å². The highest BCUT2D eigenvalue weighted by Crippen LogP contribution is 2.30. The lowest BCUT2D eigenvalue weighted by molar-refractivity contribution is -0.149. The van der Waals surface area contributed by atoms with Gasteiger partial charge in [0.15, 0.2) is 5.16 Å². The van der Waals surface area contributed by atoms with Crippen LogP contribution < -0.4 is 5.73 Å². The van der Waals surface area contributed by atoms with Gasteiger partial charge < -0.3 is 10.5 Å². The van der Waals surface area contributed by atoms with E-state index in [4.69, 9.17) is 10.5 Å². The Hall–Kier alpha value is -1.34. The smallest absolute Gasteiger partial charge is 0.312 e. The molecule has 102 valence electrons. The molecule has 0 atom stereocenters. The van der Waals surface area contributed by atoms with Gasteiger partial charge in [-0.1, -0.05) is 11.8 Å². The van der Waals surface area contributed by atoms with Crippen molar-refractivity contribution in [3.8, 4) is 0 Å². The molecule has 19 heavy (non-hydrogen) atoms. The number of thiophene rings is 1. The lowest BCUT2D eigenvalue weighted by Gasteiger charge is -2.20. The summed E-state index contributed by atoms with van der Waals surface area (Å²) in [6, 6.07) is 1.90. The highest BCUT2D eigenvalue weighted by molar-refractivity contribution is 7.99. The summed E-state index contributed by atoms with van der Waals surface area (Å²) < 4.78 is 4.77. The molecule has 0 unspecified atom stereocenters. The van der Waals surface area contributed by atoms with Crippen LogP contribution >= 0.6 is 23.1 Å². The molecule has 0 fully saturated rings. The summed E-state index contributed by atoms with van der Waals surface area (Å²) in [5.74, 6) is 0.769. The number of thioether (sulfide) groups is 1. The highest BCUT2D eigenvalue weighted by Gasteiger charge is 2.29. The lowest BCUT2D eigenvalue weighted by Crippen LogP contribution is -2.28. The first-order chi connectivity index (χ1) is 8.94. The number of anilines is 1. The van der Waals surface area contributed by atoms with Crippen LogP contribution in [0.25, 0.3) is 10.2 Å². The summed E-state index contributed by atoms with van der Waals surface area (Å²) in [4.78, 5) is 21.1. The monoisotopic (exact) mass is 297 g/mol. The van der Waals surface area contributed by atoms with Crippen LogP contribution in [0.2, 0.25) is 0 Å². The Morgan fingerprint density at radius 3 is 2.95 bits per heavy atom. The van der Waals surface area contributed by atoms with E-state index >= 15 is 0 Å². The Bertz CT molecular complexity index is 610. The van der Waals surface area contributed by atoms with Crippen molar-refractivity contribution in [2.24, 2.45) is 5.41 Å². The molecule has 7 heteroatoms. The molecule has 2 aromatic heterocycles. The van der Waals surface area contributed by atoms with Crippen molar-refractivity contribution in [1.82, 2.24) is 9.97 Å². The second-order valence-corrected chi connectivity index (χ2v) is 6.53. The Morgan fingerprint density at radius 1 is 1.53 bits per heavy atom. The van der Waals surface area contributed by atoms with E-state index in [9.17, 15) is 4.79 Å². The van der Waals surface area contributed by atoms with Gasteiger partial charge in [0.05, 0.1) is 17.9 Å². The van der Waals surface area contributed by atoms with Crippen LogP contribution in [-0.2, 0) is 9.53 Å². The zero-order valence-corrected chi connectivity index (χ0v) is 12.6. The fourth-order valence-electron chi connectivity index (χ4n) is 1.50. The second-order valence-electron chi connectivity index (χ2n) is 4.69. The van der Waals surface area contributed by atoms with E-state index in [1.54, 1.807) is 0 Å². The first-order valence-electron chi connectivity index (χ1n) is 5.66. The highest BCUT2D eigenvalue weighted by atomic mass is 32.2. The van der Waals surface area contributed by atoms with E-state index in [-0.39, 0.29) is 5.97 Å². The summed E-state index contributed by atoms with van der Waals surface area (Å²) >= 11 is 2.93. The zero-order chi connectivity index (χ0) is 14.0. The first kappa shape index (κ1) is 14.1. The SMILES string of the molecule is COC(=O)C(C)(C)CSc1nc(N)c2ccsc2n1. The summed E-state index contributed by atoms with van der Waals surface area (Å²) in [6.07, 6.45) is 0. The maximum atomic E-state index is 11.6. The minimum Gasteiger partial charge on any atom is -0.469 e. The molecular formula is C12H15N3O2S2. The number of esters is 1. The van der Waals surface area contributed by atoms with Gasteiger partial charge in [-0.25, -0.2) is 9.97 Å². The van der Waals surface area contributed by atoms with Crippen LogP contribution in [-0.4, -0.2) is 28.8 Å². The minimum absolute atomic E-state index is 0.245. The number of carbonyl (C=O) groups excluding carboxylic acids is 1. The third-order valence-electron chi connectivity index (χ3n) is 2.63. The summed E-state index contributed by atoms with van der Waals surface area (Å²) in [5, 5.41) is 3.40. The maximum absolute atomic E-state index is 11.6. The van der Waals surface area contributed by atoms with Gasteiger partial charge in [-0.15, -0.1) is 11.3 Å².